The van der Waals surface area contributed by atoms with E-state index in [0.29, 0.717) is 12.1 Å². The summed E-state index contributed by atoms with van der Waals surface area (Å²) in [7, 11) is 1.63. The minimum Gasteiger partial charge on any atom is -0.297 e. The second-order valence-corrected chi connectivity index (χ2v) is 10.6. The van der Waals surface area contributed by atoms with Crippen LogP contribution in [0.25, 0.3) is 0 Å². The van der Waals surface area contributed by atoms with E-state index in [1.165, 1.54) is 31.2 Å². The first-order valence-electron chi connectivity index (χ1n) is 9.69. The number of fused-ring (bicyclic) bond motifs is 1. The van der Waals surface area contributed by atoms with Gasteiger partial charge in [-0.1, -0.05) is 43.2 Å². The van der Waals surface area contributed by atoms with E-state index in [2.05, 4.69) is 63.3 Å². The van der Waals surface area contributed by atoms with E-state index in [1.54, 1.807) is 0 Å². The molecule has 0 amide bonds. The van der Waals surface area contributed by atoms with Crippen LogP contribution < -0.4 is 0 Å². The molecule has 138 valence electrons. The molecule has 4 rings (SSSR count). The number of likely N-dealkylation sites (N-methyl/N-ethyl adjacent to an activating group) is 2. The summed E-state index contributed by atoms with van der Waals surface area (Å²) in [5.74, 6) is 0. The van der Waals surface area contributed by atoms with Crippen molar-refractivity contribution in [1.82, 2.24) is 18.9 Å². The monoisotopic (exact) mass is 362 g/mol. The number of piperazine rings is 1. The third-order valence-corrected chi connectivity index (χ3v) is 9.82. The lowest BCUT2D eigenvalue weighted by Gasteiger charge is -2.42. The number of benzene rings is 1. The van der Waals surface area contributed by atoms with Gasteiger partial charge in [-0.15, -0.1) is 0 Å². The molecule has 0 aromatic heterocycles. The Balaban J connectivity index is 1.42. The predicted octanol–water partition coefficient (Wildman–Crippen LogP) is 3.10. The quantitative estimate of drug-likeness (QED) is 0.771. The molecule has 6 heteroatoms. The fraction of sp³-hybridized carbons (Fsp3) is 0.684. The van der Waals surface area contributed by atoms with Gasteiger partial charge in [0.05, 0.1) is 0 Å². The highest BCUT2D eigenvalue weighted by atomic mass is 31.2. The van der Waals surface area contributed by atoms with Gasteiger partial charge in [0.2, 0.25) is 0 Å². The van der Waals surface area contributed by atoms with Crippen molar-refractivity contribution < 1.29 is 4.57 Å². The van der Waals surface area contributed by atoms with E-state index >= 15 is 0 Å². The normalized spacial score (nSPS) is 35.8. The highest BCUT2D eigenvalue weighted by Crippen LogP contribution is 2.64. The van der Waals surface area contributed by atoms with Crippen LogP contribution in [-0.2, 0) is 11.1 Å². The van der Waals surface area contributed by atoms with Crippen LogP contribution in [0.15, 0.2) is 30.3 Å². The van der Waals surface area contributed by atoms with Crippen molar-refractivity contribution in [2.75, 3.05) is 40.3 Å². The SMILES string of the molecule is CN1C2CCCCC2N(C)P1(=O)N1CCN(Cc2ccccc2)CC1. The maximum Gasteiger partial charge on any atom is 0.287 e. The summed E-state index contributed by atoms with van der Waals surface area (Å²) >= 11 is 0. The molecule has 3 fully saturated rings. The lowest BCUT2D eigenvalue weighted by atomic mass is 9.91. The summed E-state index contributed by atoms with van der Waals surface area (Å²) < 4.78 is 20.8. The van der Waals surface area contributed by atoms with Crippen molar-refractivity contribution in [3.8, 4) is 0 Å². The molecule has 1 aromatic carbocycles. The van der Waals surface area contributed by atoms with E-state index < -0.39 is 7.59 Å². The molecule has 0 N–H and O–H groups in total. The molecule has 25 heavy (non-hydrogen) atoms. The summed E-state index contributed by atoms with van der Waals surface area (Å²) in [5, 5.41) is 0. The zero-order valence-electron chi connectivity index (χ0n) is 15.5. The molecule has 2 atom stereocenters. The topological polar surface area (TPSA) is 30.0 Å². The smallest absolute Gasteiger partial charge is 0.287 e. The van der Waals surface area contributed by atoms with Gasteiger partial charge in [-0.25, -0.2) is 14.0 Å². The average molecular weight is 362 g/mol. The first kappa shape index (κ1) is 17.7. The maximum atomic E-state index is 14.0. The van der Waals surface area contributed by atoms with Crippen LogP contribution in [-0.4, -0.2) is 71.3 Å². The third-order valence-electron chi connectivity index (χ3n) is 6.44. The molecule has 3 aliphatic rings. The van der Waals surface area contributed by atoms with Gasteiger partial charge in [-0.05, 0) is 32.5 Å². The first-order chi connectivity index (χ1) is 12.1. The Kier molecular flexibility index (Phi) is 5.04. The molecule has 5 nitrogen and oxygen atoms in total. The highest BCUT2D eigenvalue weighted by molar-refractivity contribution is 7.56. The van der Waals surface area contributed by atoms with Gasteiger partial charge < -0.3 is 0 Å². The van der Waals surface area contributed by atoms with E-state index in [4.69, 9.17) is 0 Å². The predicted molar refractivity (Wildman–Crippen MR) is 102 cm³/mol. The summed E-state index contributed by atoms with van der Waals surface area (Å²) in [6.45, 7) is 4.79. The second-order valence-electron chi connectivity index (χ2n) is 7.80. The standard InChI is InChI=1S/C19H31N4OP/c1-20-18-10-6-7-11-19(18)21(2)25(20,24)23-14-12-22(13-15-23)16-17-8-4-3-5-9-17/h3-5,8-9,18-19H,6-7,10-16H2,1-2H3. The lowest BCUT2D eigenvalue weighted by molar-refractivity contribution is 0.170. The van der Waals surface area contributed by atoms with Gasteiger partial charge in [0, 0.05) is 44.8 Å². The molecular formula is C19H31N4OP. The molecule has 2 saturated heterocycles. The molecular weight excluding hydrogens is 331 g/mol. The van der Waals surface area contributed by atoms with Crippen LogP contribution in [0.5, 0.6) is 0 Å². The van der Waals surface area contributed by atoms with Crippen molar-refractivity contribution in [3.63, 3.8) is 0 Å². The Bertz CT molecular complexity index is 610. The Labute approximate surface area is 152 Å². The number of hydrogen-bond acceptors (Lipinski definition) is 2. The average Bonchev–Trinajstić information content (AvgIpc) is 2.86. The van der Waals surface area contributed by atoms with Gasteiger partial charge in [-0.3, -0.25) is 9.46 Å². The van der Waals surface area contributed by atoms with Crippen LogP contribution in [0.3, 0.4) is 0 Å². The Hall–Kier alpha value is -0.710. The molecule has 0 radical (unpaired) electrons. The Morgan fingerprint density at radius 2 is 1.48 bits per heavy atom. The Morgan fingerprint density at radius 3 is 2.04 bits per heavy atom. The zero-order chi connectivity index (χ0) is 17.4. The first-order valence-corrected chi connectivity index (χ1v) is 11.3. The van der Waals surface area contributed by atoms with E-state index in [1.807, 2.05) is 0 Å². The summed E-state index contributed by atoms with van der Waals surface area (Å²) in [6.07, 6.45) is 4.96. The molecule has 2 unspecified atom stereocenters. The third kappa shape index (κ3) is 3.11. The molecule has 0 spiro atoms. The van der Waals surface area contributed by atoms with Crippen molar-refractivity contribution in [1.29, 1.82) is 0 Å². The van der Waals surface area contributed by atoms with Gasteiger partial charge in [0.25, 0.3) is 7.59 Å². The van der Waals surface area contributed by atoms with Crippen molar-refractivity contribution >= 4 is 7.59 Å². The van der Waals surface area contributed by atoms with Gasteiger partial charge >= 0.3 is 0 Å². The van der Waals surface area contributed by atoms with E-state index in [9.17, 15) is 4.57 Å². The van der Waals surface area contributed by atoms with E-state index in [-0.39, 0.29) is 0 Å². The Morgan fingerprint density at radius 1 is 0.920 bits per heavy atom. The minimum atomic E-state index is -2.57. The van der Waals surface area contributed by atoms with Crippen LogP contribution in [0.1, 0.15) is 31.2 Å². The minimum absolute atomic E-state index is 0.479. The summed E-state index contributed by atoms with van der Waals surface area (Å²) in [6, 6.07) is 11.6. The summed E-state index contributed by atoms with van der Waals surface area (Å²) in [5.41, 5.74) is 1.36. The highest BCUT2D eigenvalue weighted by Gasteiger charge is 2.54. The molecule has 2 aliphatic heterocycles. The van der Waals surface area contributed by atoms with Crippen molar-refractivity contribution in [3.05, 3.63) is 35.9 Å². The fourth-order valence-corrected chi connectivity index (χ4v) is 8.22. The number of nitrogens with zero attached hydrogens (tertiary/aromatic N) is 4. The zero-order valence-corrected chi connectivity index (χ0v) is 16.4. The van der Waals surface area contributed by atoms with Crippen molar-refractivity contribution in [2.24, 2.45) is 0 Å². The maximum absolute atomic E-state index is 14.0. The van der Waals surface area contributed by atoms with Crippen LogP contribution in [0, 0.1) is 0 Å². The lowest BCUT2D eigenvalue weighted by Crippen LogP contribution is -2.47. The van der Waals surface area contributed by atoms with Gasteiger partial charge in [0.1, 0.15) is 0 Å². The second kappa shape index (κ2) is 7.13. The largest absolute Gasteiger partial charge is 0.297 e. The molecule has 0 bridgehead atoms. The number of rotatable bonds is 3. The van der Waals surface area contributed by atoms with Gasteiger partial charge in [-0.2, -0.15) is 0 Å². The van der Waals surface area contributed by atoms with Crippen molar-refractivity contribution in [2.45, 2.75) is 44.3 Å². The number of hydrogen-bond donors (Lipinski definition) is 0. The van der Waals surface area contributed by atoms with Crippen LogP contribution >= 0.6 is 7.59 Å². The van der Waals surface area contributed by atoms with E-state index in [0.717, 1.165) is 32.7 Å². The van der Waals surface area contributed by atoms with Crippen LogP contribution in [0.2, 0.25) is 0 Å². The molecule has 1 saturated carbocycles. The molecule has 1 aromatic rings. The fourth-order valence-electron chi connectivity index (χ4n) is 4.97. The van der Waals surface area contributed by atoms with Crippen LogP contribution in [0.4, 0.5) is 0 Å². The molecule has 1 aliphatic carbocycles. The molecule has 2 heterocycles. The van der Waals surface area contributed by atoms with Gasteiger partial charge in [0.15, 0.2) is 0 Å². The summed E-state index contributed by atoms with van der Waals surface area (Å²) in [4.78, 5) is 2.49.